The van der Waals surface area contributed by atoms with Gasteiger partial charge in [-0.3, -0.25) is 4.98 Å². The summed E-state index contributed by atoms with van der Waals surface area (Å²) < 4.78 is 13.0. The molecule has 0 fully saturated rings. The van der Waals surface area contributed by atoms with Gasteiger partial charge in [-0.1, -0.05) is 24.3 Å². The minimum Gasteiger partial charge on any atom is -0.316 e. The Morgan fingerprint density at radius 1 is 1.12 bits per heavy atom. The molecule has 0 aliphatic rings. The van der Waals surface area contributed by atoms with Gasteiger partial charge in [-0.15, -0.1) is 0 Å². The standard InChI is InChI=1S/C13H13FN2/c1-15-7-10-2-4-11(5-3-10)12-6-13(14)9-16-8-12/h2-6,8-9,15H,7H2,1H3. The van der Waals surface area contributed by atoms with E-state index >= 15 is 0 Å². The highest BCUT2D eigenvalue weighted by Crippen LogP contribution is 2.19. The van der Waals surface area contributed by atoms with Crippen molar-refractivity contribution in [3.63, 3.8) is 0 Å². The molecule has 3 heteroatoms. The van der Waals surface area contributed by atoms with E-state index in [2.05, 4.69) is 10.3 Å². The summed E-state index contributed by atoms with van der Waals surface area (Å²) in [6.07, 6.45) is 2.87. The van der Waals surface area contributed by atoms with Crippen LogP contribution in [-0.2, 0) is 6.54 Å². The maximum absolute atomic E-state index is 13.0. The number of aromatic nitrogens is 1. The lowest BCUT2D eigenvalue weighted by Gasteiger charge is -2.03. The molecule has 0 aliphatic heterocycles. The van der Waals surface area contributed by atoms with Crippen molar-refractivity contribution in [3.8, 4) is 11.1 Å². The lowest BCUT2D eigenvalue weighted by atomic mass is 10.1. The largest absolute Gasteiger partial charge is 0.316 e. The number of pyridine rings is 1. The fraction of sp³-hybridized carbons (Fsp3) is 0.154. The van der Waals surface area contributed by atoms with Crippen molar-refractivity contribution in [1.82, 2.24) is 10.3 Å². The highest BCUT2D eigenvalue weighted by Gasteiger charge is 1.99. The van der Waals surface area contributed by atoms with Gasteiger partial charge in [0.05, 0.1) is 6.20 Å². The molecule has 0 aliphatic carbocycles. The van der Waals surface area contributed by atoms with Gasteiger partial charge in [-0.2, -0.15) is 0 Å². The predicted octanol–water partition coefficient (Wildman–Crippen LogP) is 2.61. The van der Waals surface area contributed by atoms with Crippen molar-refractivity contribution in [2.24, 2.45) is 0 Å². The van der Waals surface area contributed by atoms with Crippen molar-refractivity contribution < 1.29 is 4.39 Å². The van der Waals surface area contributed by atoms with Crippen LogP contribution >= 0.6 is 0 Å². The second-order valence-corrected chi connectivity index (χ2v) is 3.62. The van der Waals surface area contributed by atoms with Gasteiger partial charge < -0.3 is 5.32 Å². The first kappa shape index (κ1) is 10.8. The first-order valence-electron chi connectivity index (χ1n) is 5.14. The molecule has 1 N–H and O–H groups in total. The molecule has 0 radical (unpaired) electrons. The lowest BCUT2D eigenvalue weighted by molar-refractivity contribution is 0.622. The average Bonchev–Trinajstić information content (AvgIpc) is 2.30. The normalized spacial score (nSPS) is 10.4. The summed E-state index contributed by atoms with van der Waals surface area (Å²) in [5.74, 6) is -0.309. The summed E-state index contributed by atoms with van der Waals surface area (Å²) in [5, 5.41) is 3.08. The smallest absolute Gasteiger partial charge is 0.142 e. The molecule has 1 aromatic carbocycles. The number of hydrogen-bond acceptors (Lipinski definition) is 2. The molecule has 0 saturated heterocycles. The van der Waals surface area contributed by atoms with E-state index in [4.69, 9.17) is 0 Å². The van der Waals surface area contributed by atoms with E-state index in [1.54, 1.807) is 6.20 Å². The summed E-state index contributed by atoms with van der Waals surface area (Å²) in [6, 6.07) is 9.49. The van der Waals surface area contributed by atoms with Gasteiger partial charge >= 0.3 is 0 Å². The topological polar surface area (TPSA) is 24.9 Å². The number of benzene rings is 1. The Labute approximate surface area is 94.2 Å². The molecule has 0 unspecified atom stereocenters. The van der Waals surface area contributed by atoms with Crippen LogP contribution in [0.4, 0.5) is 4.39 Å². The summed E-state index contributed by atoms with van der Waals surface area (Å²) in [5.41, 5.74) is 2.98. The summed E-state index contributed by atoms with van der Waals surface area (Å²) in [7, 11) is 1.91. The molecule has 0 amide bonds. The van der Waals surface area contributed by atoms with E-state index in [1.165, 1.54) is 17.8 Å². The summed E-state index contributed by atoms with van der Waals surface area (Å²) in [6.45, 7) is 0.835. The molecule has 0 bridgehead atoms. The third-order valence-corrected chi connectivity index (χ3v) is 2.37. The van der Waals surface area contributed by atoms with Crippen molar-refractivity contribution >= 4 is 0 Å². The molecular weight excluding hydrogens is 203 g/mol. The second-order valence-electron chi connectivity index (χ2n) is 3.62. The van der Waals surface area contributed by atoms with Gasteiger partial charge in [0.1, 0.15) is 5.82 Å². The van der Waals surface area contributed by atoms with E-state index in [0.29, 0.717) is 0 Å². The molecule has 16 heavy (non-hydrogen) atoms. The Morgan fingerprint density at radius 2 is 1.88 bits per heavy atom. The number of hydrogen-bond donors (Lipinski definition) is 1. The fourth-order valence-electron chi connectivity index (χ4n) is 1.59. The highest BCUT2D eigenvalue weighted by atomic mass is 19.1. The molecule has 2 rings (SSSR count). The Hall–Kier alpha value is -1.74. The summed E-state index contributed by atoms with van der Waals surface area (Å²) in [4.78, 5) is 3.83. The molecule has 2 nitrogen and oxygen atoms in total. The zero-order valence-corrected chi connectivity index (χ0v) is 9.07. The van der Waals surface area contributed by atoms with E-state index in [9.17, 15) is 4.39 Å². The Balaban J connectivity index is 2.27. The van der Waals surface area contributed by atoms with E-state index in [0.717, 1.165) is 17.7 Å². The minimum absolute atomic E-state index is 0.309. The van der Waals surface area contributed by atoms with E-state index in [1.807, 2.05) is 31.3 Å². The SMILES string of the molecule is CNCc1ccc(-c2cncc(F)c2)cc1. The van der Waals surface area contributed by atoms with Crippen LogP contribution in [0.15, 0.2) is 42.7 Å². The van der Waals surface area contributed by atoms with Crippen molar-refractivity contribution in [2.75, 3.05) is 7.05 Å². The molecule has 0 saturated carbocycles. The quantitative estimate of drug-likeness (QED) is 0.853. The predicted molar refractivity (Wildman–Crippen MR) is 62.4 cm³/mol. The second kappa shape index (κ2) is 4.86. The zero-order chi connectivity index (χ0) is 11.4. The van der Waals surface area contributed by atoms with Crippen molar-refractivity contribution in [3.05, 3.63) is 54.1 Å². The molecule has 1 heterocycles. The average molecular weight is 216 g/mol. The minimum atomic E-state index is -0.309. The molecular formula is C13H13FN2. The van der Waals surface area contributed by atoms with Crippen molar-refractivity contribution in [1.29, 1.82) is 0 Å². The number of halogens is 1. The first-order chi connectivity index (χ1) is 7.79. The van der Waals surface area contributed by atoms with Gasteiger partial charge in [0.25, 0.3) is 0 Å². The van der Waals surface area contributed by atoms with Crippen LogP contribution in [-0.4, -0.2) is 12.0 Å². The molecule has 1 aromatic heterocycles. The van der Waals surface area contributed by atoms with Crippen LogP contribution in [0.1, 0.15) is 5.56 Å². The fourth-order valence-corrected chi connectivity index (χ4v) is 1.59. The highest BCUT2D eigenvalue weighted by molar-refractivity contribution is 5.62. The van der Waals surface area contributed by atoms with Crippen LogP contribution in [0.2, 0.25) is 0 Å². The first-order valence-corrected chi connectivity index (χ1v) is 5.14. The number of rotatable bonds is 3. The zero-order valence-electron chi connectivity index (χ0n) is 9.07. The third-order valence-electron chi connectivity index (χ3n) is 2.37. The third kappa shape index (κ3) is 2.44. The molecule has 82 valence electrons. The molecule has 0 atom stereocenters. The van der Waals surface area contributed by atoms with Crippen LogP contribution in [0.3, 0.4) is 0 Å². The Morgan fingerprint density at radius 3 is 2.50 bits per heavy atom. The van der Waals surface area contributed by atoms with Gasteiger partial charge in [0.15, 0.2) is 0 Å². The van der Waals surface area contributed by atoms with E-state index in [-0.39, 0.29) is 5.82 Å². The number of nitrogens with one attached hydrogen (secondary N) is 1. The van der Waals surface area contributed by atoms with Gasteiger partial charge in [0.2, 0.25) is 0 Å². The molecule has 2 aromatic rings. The van der Waals surface area contributed by atoms with Gasteiger partial charge in [-0.05, 0) is 24.2 Å². The monoisotopic (exact) mass is 216 g/mol. The van der Waals surface area contributed by atoms with Gasteiger partial charge in [-0.25, -0.2) is 4.39 Å². The number of nitrogens with zero attached hydrogens (tertiary/aromatic N) is 1. The Bertz CT molecular complexity index is 466. The van der Waals surface area contributed by atoms with Crippen LogP contribution in [0.5, 0.6) is 0 Å². The van der Waals surface area contributed by atoms with Crippen LogP contribution in [0, 0.1) is 5.82 Å². The van der Waals surface area contributed by atoms with Crippen LogP contribution in [0.25, 0.3) is 11.1 Å². The maximum Gasteiger partial charge on any atom is 0.142 e. The Kier molecular flexibility index (Phi) is 3.27. The van der Waals surface area contributed by atoms with E-state index < -0.39 is 0 Å². The summed E-state index contributed by atoms with van der Waals surface area (Å²) >= 11 is 0. The lowest BCUT2D eigenvalue weighted by Crippen LogP contribution is -2.04. The van der Waals surface area contributed by atoms with Crippen LogP contribution < -0.4 is 5.32 Å². The van der Waals surface area contributed by atoms with Crippen molar-refractivity contribution in [2.45, 2.75) is 6.54 Å². The molecule has 0 spiro atoms. The van der Waals surface area contributed by atoms with Gasteiger partial charge in [0, 0.05) is 18.3 Å². The maximum atomic E-state index is 13.0.